The van der Waals surface area contributed by atoms with Crippen molar-refractivity contribution >= 4 is 22.7 Å². The van der Waals surface area contributed by atoms with E-state index in [0.29, 0.717) is 11.2 Å². The first-order chi connectivity index (χ1) is 11.8. The van der Waals surface area contributed by atoms with E-state index in [-0.39, 0.29) is 5.75 Å². The zero-order chi connectivity index (χ0) is 18.0. The van der Waals surface area contributed by atoms with Crippen LogP contribution in [0.5, 0.6) is 5.75 Å². The molecule has 0 spiro atoms. The Bertz CT molecular complexity index is 900. The van der Waals surface area contributed by atoms with Crippen molar-refractivity contribution in [1.82, 2.24) is 4.98 Å². The number of nitrogens with zero attached hydrogens (tertiary/aromatic N) is 3. The van der Waals surface area contributed by atoms with Gasteiger partial charge in [-0.3, -0.25) is 4.21 Å². The number of hydrogen-bond acceptors (Lipinski definition) is 5. The average molecular weight is 369 g/mol. The van der Waals surface area contributed by atoms with E-state index < -0.39 is 29.1 Å². The third kappa shape index (κ3) is 4.16. The lowest BCUT2D eigenvalue weighted by molar-refractivity contribution is -0.153. The van der Waals surface area contributed by atoms with Crippen molar-refractivity contribution in [2.24, 2.45) is 4.99 Å². The molecule has 2 aromatic rings. The van der Waals surface area contributed by atoms with E-state index in [0.717, 1.165) is 5.22 Å². The summed E-state index contributed by atoms with van der Waals surface area (Å²) in [7, 11) is -1.30. The summed E-state index contributed by atoms with van der Waals surface area (Å²) in [6.07, 6.45) is 0.518. The maximum atomic E-state index is 12.2. The number of halogens is 3. The largest absolute Gasteiger partial charge is 0.484 e. The van der Waals surface area contributed by atoms with Gasteiger partial charge in [-0.1, -0.05) is 0 Å². The van der Waals surface area contributed by atoms with Gasteiger partial charge in [0.2, 0.25) is 5.50 Å². The SMILES string of the molecule is CS(=O)C1N=c2ncccc2=CN1c1ccc(OCC(F)(F)F)cc1. The van der Waals surface area contributed by atoms with Crippen LogP contribution < -0.4 is 20.3 Å². The highest BCUT2D eigenvalue weighted by Gasteiger charge is 2.28. The molecule has 0 saturated heterocycles. The third-order valence-electron chi connectivity index (χ3n) is 3.40. The minimum Gasteiger partial charge on any atom is -0.484 e. The van der Waals surface area contributed by atoms with Crippen LogP contribution in [0.15, 0.2) is 47.6 Å². The first-order valence-electron chi connectivity index (χ1n) is 7.24. The number of fused-ring (bicyclic) bond motifs is 1. The molecule has 3 rings (SSSR count). The number of hydrogen-bond donors (Lipinski definition) is 0. The standard InChI is InChI=1S/C16H14F3N3O2S/c1-25(23)15-21-14-11(3-2-8-20-14)9-22(15)12-4-6-13(7-5-12)24-10-16(17,18)19/h2-9,15H,10H2,1H3. The monoisotopic (exact) mass is 369 g/mol. The second kappa shape index (κ2) is 6.83. The zero-order valence-corrected chi connectivity index (χ0v) is 13.9. The molecule has 1 aromatic carbocycles. The molecule has 0 fully saturated rings. The second-order valence-electron chi connectivity index (χ2n) is 5.30. The molecule has 5 nitrogen and oxygen atoms in total. The van der Waals surface area contributed by atoms with Crippen molar-refractivity contribution in [2.75, 3.05) is 17.8 Å². The molecule has 0 radical (unpaired) electrons. The fourth-order valence-electron chi connectivity index (χ4n) is 2.31. The first-order valence-corrected chi connectivity index (χ1v) is 8.86. The van der Waals surface area contributed by atoms with E-state index in [1.54, 1.807) is 35.5 Å². The predicted octanol–water partition coefficient (Wildman–Crippen LogP) is 1.56. The quantitative estimate of drug-likeness (QED) is 0.821. The van der Waals surface area contributed by atoms with E-state index in [1.807, 2.05) is 6.07 Å². The molecule has 9 heteroatoms. The van der Waals surface area contributed by atoms with Gasteiger partial charge >= 0.3 is 6.18 Å². The van der Waals surface area contributed by atoms with Gasteiger partial charge in [0.25, 0.3) is 0 Å². The van der Waals surface area contributed by atoms with Crippen molar-refractivity contribution in [3.05, 3.63) is 53.3 Å². The van der Waals surface area contributed by atoms with Gasteiger partial charge in [-0.05, 0) is 36.4 Å². The molecule has 1 aliphatic heterocycles. The van der Waals surface area contributed by atoms with Crippen LogP contribution in [0.2, 0.25) is 0 Å². The normalized spacial score (nSPS) is 17.9. The number of rotatable bonds is 4. The van der Waals surface area contributed by atoms with Crippen LogP contribution in [-0.4, -0.2) is 33.7 Å². The molecule has 0 N–H and O–H groups in total. The zero-order valence-electron chi connectivity index (χ0n) is 13.1. The van der Waals surface area contributed by atoms with Crippen LogP contribution in [0.25, 0.3) is 6.20 Å². The highest BCUT2D eigenvalue weighted by Crippen LogP contribution is 2.25. The minimum atomic E-state index is -4.39. The maximum absolute atomic E-state index is 12.2. The Balaban J connectivity index is 1.89. The van der Waals surface area contributed by atoms with Gasteiger partial charge in [0, 0.05) is 29.6 Å². The van der Waals surface area contributed by atoms with Crippen LogP contribution in [0.1, 0.15) is 0 Å². The molecule has 0 bridgehead atoms. The van der Waals surface area contributed by atoms with Gasteiger partial charge in [0.1, 0.15) is 5.75 Å². The molecule has 0 saturated carbocycles. The number of ether oxygens (including phenoxy) is 1. The molecule has 0 aliphatic carbocycles. The lowest BCUT2D eigenvalue weighted by Crippen LogP contribution is -2.45. The Morgan fingerprint density at radius 2 is 1.96 bits per heavy atom. The number of aromatic nitrogens is 1. The Kier molecular flexibility index (Phi) is 4.76. The molecule has 2 atom stereocenters. The molecule has 0 amide bonds. The van der Waals surface area contributed by atoms with E-state index in [1.165, 1.54) is 18.4 Å². The van der Waals surface area contributed by atoms with Gasteiger partial charge in [-0.25, -0.2) is 9.98 Å². The fraction of sp³-hybridized carbons (Fsp3) is 0.250. The Morgan fingerprint density at radius 1 is 1.24 bits per heavy atom. The van der Waals surface area contributed by atoms with E-state index >= 15 is 0 Å². The van der Waals surface area contributed by atoms with Gasteiger partial charge in [0.15, 0.2) is 12.1 Å². The molecular formula is C16H14F3N3O2S. The van der Waals surface area contributed by atoms with Gasteiger partial charge in [-0.15, -0.1) is 0 Å². The summed E-state index contributed by atoms with van der Waals surface area (Å²) in [5.74, 6) is 0.103. The topological polar surface area (TPSA) is 54.8 Å². The van der Waals surface area contributed by atoms with Crippen molar-refractivity contribution in [3.8, 4) is 5.75 Å². The second-order valence-corrected chi connectivity index (χ2v) is 6.72. The van der Waals surface area contributed by atoms with Gasteiger partial charge in [-0.2, -0.15) is 13.2 Å². The van der Waals surface area contributed by atoms with E-state index in [9.17, 15) is 17.4 Å². The van der Waals surface area contributed by atoms with Crippen molar-refractivity contribution in [3.63, 3.8) is 0 Å². The summed E-state index contributed by atoms with van der Waals surface area (Å²) < 4.78 is 53.4. The number of benzene rings is 1. The minimum absolute atomic E-state index is 0.103. The van der Waals surface area contributed by atoms with Crippen molar-refractivity contribution < 1.29 is 22.1 Å². The van der Waals surface area contributed by atoms with Gasteiger partial charge in [0.05, 0.1) is 10.8 Å². The predicted molar refractivity (Wildman–Crippen MR) is 87.8 cm³/mol. The van der Waals surface area contributed by atoms with Gasteiger partial charge < -0.3 is 9.64 Å². The van der Waals surface area contributed by atoms with Crippen LogP contribution in [-0.2, 0) is 10.8 Å². The lowest BCUT2D eigenvalue weighted by Gasteiger charge is -2.28. The van der Waals surface area contributed by atoms with Crippen LogP contribution in [0.3, 0.4) is 0 Å². The van der Waals surface area contributed by atoms with Crippen molar-refractivity contribution in [2.45, 2.75) is 11.7 Å². The summed E-state index contributed by atoms with van der Waals surface area (Å²) >= 11 is 0. The fourth-order valence-corrected chi connectivity index (χ4v) is 3.07. The third-order valence-corrected chi connectivity index (χ3v) is 4.33. The number of alkyl halides is 3. The Hall–Kier alpha value is -2.42. The summed E-state index contributed by atoms with van der Waals surface area (Å²) in [5, 5.41) is 0.765. The Labute approximate surface area is 143 Å². The maximum Gasteiger partial charge on any atom is 0.422 e. The molecule has 2 unspecified atom stereocenters. The Morgan fingerprint density at radius 3 is 2.60 bits per heavy atom. The van der Waals surface area contributed by atoms with Crippen LogP contribution in [0, 0.1) is 0 Å². The highest BCUT2D eigenvalue weighted by molar-refractivity contribution is 7.85. The summed E-state index contributed by atoms with van der Waals surface area (Å²) in [6.45, 7) is -1.35. The van der Waals surface area contributed by atoms with E-state index in [2.05, 4.69) is 9.98 Å². The summed E-state index contributed by atoms with van der Waals surface area (Å²) in [4.78, 5) is 10.3. The summed E-state index contributed by atoms with van der Waals surface area (Å²) in [5.41, 5.74) is 0.478. The number of pyridine rings is 1. The summed E-state index contributed by atoms with van der Waals surface area (Å²) in [6, 6.07) is 9.65. The molecule has 132 valence electrons. The average Bonchev–Trinajstić information content (AvgIpc) is 2.58. The molecule has 2 heterocycles. The molecule has 1 aromatic heterocycles. The molecular weight excluding hydrogens is 355 g/mol. The number of anilines is 1. The first kappa shape index (κ1) is 17.4. The smallest absolute Gasteiger partial charge is 0.422 e. The van der Waals surface area contributed by atoms with Crippen molar-refractivity contribution in [1.29, 1.82) is 0 Å². The van der Waals surface area contributed by atoms with E-state index in [4.69, 9.17) is 4.74 Å². The molecule has 1 aliphatic rings. The lowest BCUT2D eigenvalue weighted by atomic mass is 10.2. The van der Waals surface area contributed by atoms with Crippen LogP contribution in [0.4, 0.5) is 18.9 Å². The molecule has 25 heavy (non-hydrogen) atoms. The highest BCUT2D eigenvalue weighted by atomic mass is 32.2. The van der Waals surface area contributed by atoms with Crippen LogP contribution >= 0.6 is 0 Å².